The zero-order valence-corrected chi connectivity index (χ0v) is 10.1. The van der Waals surface area contributed by atoms with Gasteiger partial charge in [-0.1, -0.05) is 5.16 Å². The van der Waals surface area contributed by atoms with E-state index in [2.05, 4.69) is 5.16 Å². The molecule has 4 heteroatoms. The van der Waals surface area contributed by atoms with Crippen LogP contribution >= 0.6 is 0 Å². The summed E-state index contributed by atoms with van der Waals surface area (Å²) in [6.45, 7) is 2.64. The van der Waals surface area contributed by atoms with Crippen LogP contribution in [0.15, 0.2) is 29.4 Å². The van der Waals surface area contributed by atoms with Gasteiger partial charge in [-0.05, 0) is 56.0 Å². The minimum Gasteiger partial charge on any atom is -0.494 e. The van der Waals surface area contributed by atoms with Crippen molar-refractivity contribution in [2.45, 2.75) is 26.2 Å². The molecule has 0 aromatic heterocycles. The van der Waals surface area contributed by atoms with Crippen LogP contribution in [0.25, 0.3) is 0 Å². The maximum absolute atomic E-state index is 8.62. The van der Waals surface area contributed by atoms with E-state index in [-0.39, 0.29) is 6.61 Å². The minimum absolute atomic E-state index is 0.245. The third-order valence-electron chi connectivity index (χ3n) is 2.49. The topological polar surface area (TPSA) is 62.1 Å². The molecule has 0 heterocycles. The molecule has 1 rings (SSSR count). The van der Waals surface area contributed by atoms with Crippen LogP contribution in [0.2, 0.25) is 0 Å². The van der Waals surface area contributed by atoms with Crippen molar-refractivity contribution in [2.24, 2.45) is 5.16 Å². The van der Waals surface area contributed by atoms with E-state index < -0.39 is 0 Å². The van der Waals surface area contributed by atoms with Crippen LogP contribution in [0.1, 0.15) is 31.7 Å². The Morgan fingerprint density at radius 1 is 1.18 bits per heavy atom. The summed E-state index contributed by atoms with van der Waals surface area (Å²) in [5.74, 6) is 0.809. The quantitative estimate of drug-likeness (QED) is 0.331. The van der Waals surface area contributed by atoms with Gasteiger partial charge in [-0.3, -0.25) is 0 Å². The molecular formula is C13H19NO3. The van der Waals surface area contributed by atoms with Crippen molar-refractivity contribution in [3.05, 3.63) is 29.8 Å². The van der Waals surface area contributed by atoms with Crippen molar-refractivity contribution in [2.75, 3.05) is 13.2 Å². The molecule has 0 aliphatic carbocycles. The van der Waals surface area contributed by atoms with Crippen LogP contribution in [-0.2, 0) is 0 Å². The van der Waals surface area contributed by atoms with Crippen LogP contribution in [0.3, 0.4) is 0 Å². The molecule has 17 heavy (non-hydrogen) atoms. The SMILES string of the molecule is CC(=NO)c1ccc(OCCCCCO)cc1. The normalized spacial score (nSPS) is 11.5. The molecule has 1 aromatic carbocycles. The highest BCUT2D eigenvalue weighted by molar-refractivity contribution is 5.98. The lowest BCUT2D eigenvalue weighted by Crippen LogP contribution is -1.99. The van der Waals surface area contributed by atoms with Crippen LogP contribution in [0, 0.1) is 0 Å². The summed E-state index contributed by atoms with van der Waals surface area (Å²) in [4.78, 5) is 0. The number of aliphatic hydroxyl groups is 1. The molecule has 94 valence electrons. The number of hydrogen-bond acceptors (Lipinski definition) is 4. The number of benzene rings is 1. The Morgan fingerprint density at radius 2 is 1.88 bits per heavy atom. The third kappa shape index (κ3) is 4.87. The van der Waals surface area contributed by atoms with E-state index in [1.54, 1.807) is 6.92 Å². The number of nitrogens with zero attached hydrogens (tertiary/aromatic N) is 1. The number of oxime groups is 1. The van der Waals surface area contributed by atoms with Gasteiger partial charge in [-0.25, -0.2) is 0 Å². The maximum Gasteiger partial charge on any atom is 0.119 e. The molecule has 2 N–H and O–H groups in total. The van der Waals surface area contributed by atoms with Crippen molar-refractivity contribution < 1.29 is 15.1 Å². The summed E-state index contributed by atoms with van der Waals surface area (Å²) in [5, 5.41) is 20.4. The first-order valence-electron chi connectivity index (χ1n) is 5.80. The Balaban J connectivity index is 2.35. The lowest BCUT2D eigenvalue weighted by atomic mass is 10.1. The van der Waals surface area contributed by atoms with Gasteiger partial charge >= 0.3 is 0 Å². The van der Waals surface area contributed by atoms with E-state index in [1.807, 2.05) is 24.3 Å². The second-order valence-corrected chi connectivity index (χ2v) is 3.84. The maximum atomic E-state index is 8.62. The molecular weight excluding hydrogens is 218 g/mol. The van der Waals surface area contributed by atoms with Crippen LogP contribution < -0.4 is 4.74 Å². The predicted octanol–water partition coefficient (Wildman–Crippen LogP) is 2.43. The molecule has 0 atom stereocenters. The Morgan fingerprint density at radius 3 is 2.47 bits per heavy atom. The molecule has 0 bridgehead atoms. The van der Waals surface area contributed by atoms with Crippen molar-refractivity contribution in [1.29, 1.82) is 0 Å². The number of unbranched alkanes of at least 4 members (excludes halogenated alkanes) is 2. The molecule has 0 fully saturated rings. The van der Waals surface area contributed by atoms with E-state index in [0.29, 0.717) is 12.3 Å². The van der Waals surface area contributed by atoms with Gasteiger partial charge in [0.2, 0.25) is 0 Å². The molecule has 0 spiro atoms. The van der Waals surface area contributed by atoms with E-state index in [0.717, 1.165) is 30.6 Å². The summed E-state index contributed by atoms with van der Waals surface area (Å²) >= 11 is 0. The summed E-state index contributed by atoms with van der Waals surface area (Å²) in [5.41, 5.74) is 1.46. The van der Waals surface area contributed by atoms with Crippen molar-refractivity contribution in [1.82, 2.24) is 0 Å². The monoisotopic (exact) mass is 237 g/mol. The molecule has 0 unspecified atom stereocenters. The summed E-state index contributed by atoms with van der Waals surface area (Å²) < 4.78 is 5.54. The Labute approximate surface area is 102 Å². The summed E-state index contributed by atoms with van der Waals surface area (Å²) in [6.07, 6.45) is 2.75. The summed E-state index contributed by atoms with van der Waals surface area (Å²) in [6, 6.07) is 7.43. The fourth-order valence-electron chi connectivity index (χ4n) is 1.43. The van der Waals surface area contributed by atoms with E-state index >= 15 is 0 Å². The molecule has 0 radical (unpaired) electrons. The highest BCUT2D eigenvalue weighted by atomic mass is 16.5. The lowest BCUT2D eigenvalue weighted by molar-refractivity contribution is 0.266. The average molecular weight is 237 g/mol. The fraction of sp³-hybridized carbons (Fsp3) is 0.462. The molecule has 4 nitrogen and oxygen atoms in total. The minimum atomic E-state index is 0.245. The predicted molar refractivity (Wildman–Crippen MR) is 66.9 cm³/mol. The first-order valence-corrected chi connectivity index (χ1v) is 5.80. The van der Waals surface area contributed by atoms with Crippen LogP contribution in [0.5, 0.6) is 5.75 Å². The third-order valence-corrected chi connectivity index (χ3v) is 2.49. The van der Waals surface area contributed by atoms with Crippen molar-refractivity contribution >= 4 is 5.71 Å². The molecule has 0 saturated heterocycles. The first-order chi connectivity index (χ1) is 8.27. The zero-order chi connectivity index (χ0) is 12.5. The van der Waals surface area contributed by atoms with Gasteiger partial charge in [0.25, 0.3) is 0 Å². The van der Waals surface area contributed by atoms with Crippen molar-refractivity contribution in [3.8, 4) is 5.75 Å². The highest BCUT2D eigenvalue weighted by Gasteiger charge is 1.98. The molecule has 1 aromatic rings. The van der Waals surface area contributed by atoms with Crippen molar-refractivity contribution in [3.63, 3.8) is 0 Å². The van der Waals surface area contributed by atoms with Gasteiger partial charge in [0.1, 0.15) is 5.75 Å². The van der Waals surface area contributed by atoms with Gasteiger partial charge < -0.3 is 15.1 Å². The standard InChI is InChI=1S/C13H19NO3/c1-11(14-16)12-5-7-13(8-6-12)17-10-4-2-3-9-15/h5-8,15-16H,2-4,9-10H2,1H3. The van der Waals surface area contributed by atoms with Gasteiger partial charge in [-0.2, -0.15) is 0 Å². The lowest BCUT2D eigenvalue weighted by Gasteiger charge is -2.06. The Bertz CT molecular complexity index is 346. The molecule has 0 aliphatic heterocycles. The second kappa shape index (κ2) is 7.68. The van der Waals surface area contributed by atoms with E-state index in [9.17, 15) is 0 Å². The largest absolute Gasteiger partial charge is 0.494 e. The van der Waals surface area contributed by atoms with Gasteiger partial charge in [0.05, 0.1) is 12.3 Å². The molecule has 0 aliphatic rings. The Kier molecular flexibility index (Phi) is 6.10. The fourth-order valence-corrected chi connectivity index (χ4v) is 1.43. The van der Waals surface area contributed by atoms with Crippen LogP contribution in [-0.4, -0.2) is 29.2 Å². The van der Waals surface area contributed by atoms with Gasteiger partial charge in [0, 0.05) is 6.61 Å². The van der Waals surface area contributed by atoms with Crippen LogP contribution in [0.4, 0.5) is 0 Å². The molecule has 0 saturated carbocycles. The average Bonchev–Trinajstić information content (AvgIpc) is 2.38. The van der Waals surface area contributed by atoms with E-state index in [4.69, 9.17) is 15.1 Å². The zero-order valence-electron chi connectivity index (χ0n) is 10.1. The summed E-state index contributed by atoms with van der Waals surface area (Å²) in [7, 11) is 0. The number of rotatable bonds is 7. The second-order valence-electron chi connectivity index (χ2n) is 3.84. The highest BCUT2D eigenvalue weighted by Crippen LogP contribution is 2.13. The molecule has 0 amide bonds. The smallest absolute Gasteiger partial charge is 0.119 e. The number of hydrogen-bond donors (Lipinski definition) is 2. The first kappa shape index (κ1) is 13.5. The number of aliphatic hydroxyl groups excluding tert-OH is 1. The number of ether oxygens (including phenoxy) is 1. The van der Waals surface area contributed by atoms with Gasteiger partial charge in [0.15, 0.2) is 0 Å². The Hall–Kier alpha value is -1.55. The van der Waals surface area contributed by atoms with Gasteiger partial charge in [-0.15, -0.1) is 0 Å². The van der Waals surface area contributed by atoms with E-state index in [1.165, 1.54) is 0 Å².